The molecule has 3 unspecified atom stereocenters. The van der Waals surface area contributed by atoms with Crippen LogP contribution in [-0.2, 0) is 11.2 Å². The van der Waals surface area contributed by atoms with Crippen LogP contribution in [0.25, 0.3) is 0 Å². The molecule has 2 rings (SSSR count). The van der Waals surface area contributed by atoms with Crippen molar-refractivity contribution in [3.05, 3.63) is 35.4 Å². The Morgan fingerprint density at radius 3 is 2.94 bits per heavy atom. The van der Waals surface area contributed by atoms with Crippen LogP contribution >= 0.6 is 15.9 Å². The van der Waals surface area contributed by atoms with Crippen molar-refractivity contribution in [2.24, 2.45) is 5.92 Å². The molecule has 1 aliphatic heterocycles. The Labute approximate surface area is 118 Å². The Kier molecular flexibility index (Phi) is 5.22. The SMILES string of the molecule is CC(CBr)C(C)NCC1OCCc2ccccc21. The van der Waals surface area contributed by atoms with E-state index in [9.17, 15) is 0 Å². The lowest BCUT2D eigenvalue weighted by Crippen LogP contribution is -2.37. The van der Waals surface area contributed by atoms with E-state index in [2.05, 4.69) is 59.4 Å². The van der Waals surface area contributed by atoms with Crippen LogP contribution in [0.3, 0.4) is 0 Å². The van der Waals surface area contributed by atoms with Crippen LogP contribution in [0, 0.1) is 5.92 Å². The monoisotopic (exact) mass is 311 g/mol. The Hall–Kier alpha value is -0.380. The molecular formula is C15H22BrNO. The molecule has 1 N–H and O–H groups in total. The van der Waals surface area contributed by atoms with E-state index in [1.54, 1.807) is 0 Å². The van der Waals surface area contributed by atoms with Gasteiger partial charge in [0.1, 0.15) is 0 Å². The van der Waals surface area contributed by atoms with E-state index in [4.69, 9.17) is 4.74 Å². The van der Waals surface area contributed by atoms with Crippen molar-refractivity contribution in [3.8, 4) is 0 Å². The molecule has 0 fully saturated rings. The zero-order valence-electron chi connectivity index (χ0n) is 11.2. The number of alkyl halides is 1. The summed E-state index contributed by atoms with van der Waals surface area (Å²) >= 11 is 3.54. The molecule has 0 amide bonds. The molecule has 3 heteroatoms. The third-order valence-corrected chi connectivity index (χ3v) is 4.84. The average Bonchev–Trinajstić information content (AvgIpc) is 2.43. The fraction of sp³-hybridized carbons (Fsp3) is 0.600. The van der Waals surface area contributed by atoms with E-state index >= 15 is 0 Å². The van der Waals surface area contributed by atoms with Crippen molar-refractivity contribution in [1.82, 2.24) is 5.32 Å². The Morgan fingerprint density at radius 2 is 2.17 bits per heavy atom. The lowest BCUT2D eigenvalue weighted by atomic mass is 9.97. The maximum absolute atomic E-state index is 5.89. The summed E-state index contributed by atoms with van der Waals surface area (Å²) in [5, 5.41) is 4.62. The molecule has 3 atom stereocenters. The quantitative estimate of drug-likeness (QED) is 0.842. The minimum Gasteiger partial charge on any atom is -0.372 e. The first-order valence-corrected chi connectivity index (χ1v) is 7.83. The van der Waals surface area contributed by atoms with Crippen LogP contribution in [-0.4, -0.2) is 24.5 Å². The maximum Gasteiger partial charge on any atom is 0.0952 e. The van der Waals surface area contributed by atoms with Crippen molar-refractivity contribution in [2.45, 2.75) is 32.4 Å². The molecule has 2 nitrogen and oxygen atoms in total. The van der Waals surface area contributed by atoms with Crippen LogP contribution in [0.4, 0.5) is 0 Å². The fourth-order valence-corrected chi connectivity index (χ4v) is 2.83. The molecule has 0 saturated carbocycles. The molecule has 1 heterocycles. The second kappa shape index (κ2) is 6.69. The molecule has 18 heavy (non-hydrogen) atoms. The second-order valence-electron chi connectivity index (χ2n) is 5.14. The molecule has 100 valence electrons. The van der Waals surface area contributed by atoms with E-state index in [0.29, 0.717) is 12.0 Å². The van der Waals surface area contributed by atoms with Crippen LogP contribution in [0.2, 0.25) is 0 Å². The maximum atomic E-state index is 5.89. The number of rotatable bonds is 5. The molecule has 1 aliphatic rings. The van der Waals surface area contributed by atoms with Gasteiger partial charge < -0.3 is 10.1 Å². The van der Waals surface area contributed by atoms with Gasteiger partial charge in [0.05, 0.1) is 12.7 Å². The number of nitrogens with one attached hydrogen (secondary N) is 1. The van der Waals surface area contributed by atoms with Gasteiger partial charge in [-0.15, -0.1) is 0 Å². The summed E-state index contributed by atoms with van der Waals surface area (Å²) in [5.74, 6) is 0.629. The van der Waals surface area contributed by atoms with Crippen molar-refractivity contribution in [2.75, 3.05) is 18.5 Å². The molecule has 0 spiro atoms. The third-order valence-electron chi connectivity index (χ3n) is 3.81. The minimum atomic E-state index is 0.208. The highest BCUT2D eigenvalue weighted by molar-refractivity contribution is 9.09. The number of benzene rings is 1. The van der Waals surface area contributed by atoms with Crippen molar-refractivity contribution >= 4 is 15.9 Å². The van der Waals surface area contributed by atoms with Gasteiger partial charge in [-0.1, -0.05) is 47.1 Å². The standard InChI is InChI=1S/C15H22BrNO/c1-11(9-16)12(2)17-10-15-14-6-4-3-5-13(14)7-8-18-15/h3-6,11-12,15,17H,7-10H2,1-2H3. The average molecular weight is 312 g/mol. The highest BCUT2D eigenvalue weighted by atomic mass is 79.9. The predicted molar refractivity (Wildman–Crippen MR) is 79.3 cm³/mol. The van der Waals surface area contributed by atoms with E-state index in [-0.39, 0.29) is 6.10 Å². The molecule has 0 aliphatic carbocycles. The molecule has 1 aromatic rings. The Balaban J connectivity index is 1.95. The van der Waals surface area contributed by atoms with Crippen LogP contribution in [0.15, 0.2) is 24.3 Å². The van der Waals surface area contributed by atoms with Gasteiger partial charge in [0, 0.05) is 17.9 Å². The topological polar surface area (TPSA) is 21.3 Å². The van der Waals surface area contributed by atoms with Crippen LogP contribution in [0.5, 0.6) is 0 Å². The van der Waals surface area contributed by atoms with Gasteiger partial charge in [0.15, 0.2) is 0 Å². The Morgan fingerprint density at radius 1 is 1.39 bits per heavy atom. The fourth-order valence-electron chi connectivity index (χ4n) is 2.27. The molecule has 1 aromatic carbocycles. The van der Waals surface area contributed by atoms with E-state index in [1.165, 1.54) is 11.1 Å². The largest absolute Gasteiger partial charge is 0.372 e. The van der Waals surface area contributed by atoms with Gasteiger partial charge in [-0.05, 0) is 30.4 Å². The Bertz CT molecular complexity index is 383. The lowest BCUT2D eigenvalue weighted by molar-refractivity contribution is 0.0401. The number of hydrogen-bond donors (Lipinski definition) is 1. The summed E-state index contributed by atoms with van der Waals surface area (Å²) in [6.45, 7) is 6.23. The molecule has 0 aromatic heterocycles. The number of hydrogen-bond acceptors (Lipinski definition) is 2. The van der Waals surface area contributed by atoms with E-state index in [1.807, 2.05) is 0 Å². The summed E-state index contributed by atoms with van der Waals surface area (Å²) in [6.07, 6.45) is 1.25. The van der Waals surface area contributed by atoms with E-state index in [0.717, 1.165) is 24.9 Å². The molecule has 0 saturated heterocycles. The van der Waals surface area contributed by atoms with E-state index < -0.39 is 0 Å². The minimum absolute atomic E-state index is 0.208. The highest BCUT2D eigenvalue weighted by Gasteiger charge is 2.21. The summed E-state index contributed by atoms with van der Waals surface area (Å²) in [4.78, 5) is 0. The highest BCUT2D eigenvalue weighted by Crippen LogP contribution is 2.26. The number of halogens is 1. The van der Waals surface area contributed by atoms with Gasteiger partial charge in [-0.25, -0.2) is 0 Å². The summed E-state index contributed by atoms with van der Waals surface area (Å²) in [7, 11) is 0. The van der Waals surface area contributed by atoms with Gasteiger partial charge in [-0.2, -0.15) is 0 Å². The van der Waals surface area contributed by atoms with Gasteiger partial charge in [-0.3, -0.25) is 0 Å². The first-order chi connectivity index (χ1) is 8.72. The van der Waals surface area contributed by atoms with Gasteiger partial charge >= 0.3 is 0 Å². The van der Waals surface area contributed by atoms with Crippen LogP contribution < -0.4 is 5.32 Å². The van der Waals surface area contributed by atoms with Crippen molar-refractivity contribution in [1.29, 1.82) is 0 Å². The molecule has 0 radical (unpaired) electrons. The third kappa shape index (κ3) is 3.34. The summed E-state index contributed by atoms with van der Waals surface area (Å²) < 4.78 is 5.89. The number of ether oxygens (including phenoxy) is 1. The first kappa shape index (κ1) is 14.0. The smallest absolute Gasteiger partial charge is 0.0952 e. The molecular weight excluding hydrogens is 290 g/mol. The van der Waals surface area contributed by atoms with Crippen molar-refractivity contribution in [3.63, 3.8) is 0 Å². The van der Waals surface area contributed by atoms with Crippen molar-refractivity contribution < 1.29 is 4.74 Å². The molecule has 0 bridgehead atoms. The zero-order valence-corrected chi connectivity index (χ0v) is 12.7. The van der Waals surface area contributed by atoms with Gasteiger partial charge in [0.2, 0.25) is 0 Å². The summed E-state index contributed by atoms with van der Waals surface area (Å²) in [6, 6.07) is 9.13. The van der Waals surface area contributed by atoms with Crippen LogP contribution in [0.1, 0.15) is 31.1 Å². The summed E-state index contributed by atoms with van der Waals surface area (Å²) in [5.41, 5.74) is 2.80. The predicted octanol–water partition coefficient (Wildman–Crippen LogP) is 3.31. The zero-order chi connectivity index (χ0) is 13.0. The van der Waals surface area contributed by atoms with Gasteiger partial charge in [0.25, 0.3) is 0 Å². The number of fused-ring (bicyclic) bond motifs is 1. The second-order valence-corrected chi connectivity index (χ2v) is 5.78. The lowest BCUT2D eigenvalue weighted by Gasteiger charge is -2.28. The first-order valence-electron chi connectivity index (χ1n) is 6.71. The normalized spacial score (nSPS) is 22.3.